The molecule has 1 unspecified atom stereocenters. The first-order chi connectivity index (χ1) is 19.8. The lowest BCUT2D eigenvalue weighted by Crippen LogP contribution is -2.18. The summed E-state index contributed by atoms with van der Waals surface area (Å²) < 4.78 is 7.64. The van der Waals surface area contributed by atoms with Gasteiger partial charge in [-0.15, -0.1) is 0 Å². The summed E-state index contributed by atoms with van der Waals surface area (Å²) >= 11 is 0. The van der Waals surface area contributed by atoms with Gasteiger partial charge in [0.05, 0.1) is 0 Å². The number of hydrogen-bond donors (Lipinski definition) is 0. The Bertz CT molecular complexity index is 1590. The molecule has 8 nitrogen and oxygen atoms in total. The summed E-state index contributed by atoms with van der Waals surface area (Å²) in [6.07, 6.45) is 8.55. The molecule has 0 aliphatic heterocycles. The third-order valence-corrected chi connectivity index (χ3v) is 7.08. The Morgan fingerprint density at radius 2 is 1.61 bits per heavy atom. The van der Waals surface area contributed by atoms with Gasteiger partial charge in [0, 0.05) is 64.8 Å². The van der Waals surface area contributed by atoms with Crippen LogP contribution in [0.4, 0.5) is 0 Å². The Hall–Kier alpha value is -4.33. The molecule has 1 heterocycles. The van der Waals surface area contributed by atoms with Crippen LogP contribution in [0.1, 0.15) is 86.9 Å². The van der Waals surface area contributed by atoms with Gasteiger partial charge >= 0.3 is 11.9 Å². The third-order valence-electron chi connectivity index (χ3n) is 7.08. The number of Topliss-reactive ketones (excluding diaryl/α,β-unsaturated/α-hetero) is 2. The van der Waals surface area contributed by atoms with Crippen LogP contribution in [-0.2, 0) is 25.7 Å². The van der Waals surface area contributed by atoms with E-state index < -0.39 is 5.97 Å². The minimum absolute atomic E-state index is 0.123. The van der Waals surface area contributed by atoms with Gasteiger partial charge in [-0.05, 0) is 62.2 Å². The average Bonchev–Trinajstić information content (AvgIpc) is 3.29. The number of oxime groups is 1. The number of rotatable bonds is 12. The van der Waals surface area contributed by atoms with Crippen molar-refractivity contribution in [3.8, 4) is 0 Å². The smallest absolute Gasteiger partial charge is 0.331 e. The molecule has 1 aromatic heterocycles. The standard InChI is InChI=1S/C33H36N2O6/c1-5-8-10-31(37)40-25-15-11-22(12-16-25)32(38)23-13-17-29-26(19-23)27-20-24(14-18-30(27)35(29)7-3)33(39)28(9-6-2)34-41-21(4)36/h11-15,17-20,25H,5-10,16H2,1-4H3/b34-28-. The van der Waals surface area contributed by atoms with Gasteiger partial charge in [-0.2, -0.15) is 0 Å². The monoisotopic (exact) mass is 556 g/mol. The number of nitrogens with zero attached hydrogens (tertiary/aromatic N) is 2. The number of fused-ring (bicyclic) bond motifs is 3. The van der Waals surface area contributed by atoms with Crippen molar-refractivity contribution >= 4 is 51.0 Å². The molecule has 0 N–H and O–H groups in total. The van der Waals surface area contributed by atoms with Gasteiger partial charge < -0.3 is 14.1 Å². The number of esters is 1. The Morgan fingerprint density at radius 1 is 0.927 bits per heavy atom. The molecule has 0 radical (unpaired) electrons. The highest BCUT2D eigenvalue weighted by atomic mass is 16.7. The molecule has 0 fully saturated rings. The molecule has 0 saturated carbocycles. The fraction of sp³-hybridized carbons (Fsp3) is 0.364. The lowest BCUT2D eigenvalue weighted by Gasteiger charge is -2.17. The van der Waals surface area contributed by atoms with Gasteiger partial charge in [0.25, 0.3) is 0 Å². The topological polar surface area (TPSA) is 104 Å². The molecule has 0 saturated heterocycles. The summed E-state index contributed by atoms with van der Waals surface area (Å²) in [6, 6.07) is 11.1. The highest BCUT2D eigenvalue weighted by Crippen LogP contribution is 2.32. The highest BCUT2D eigenvalue weighted by Gasteiger charge is 2.21. The van der Waals surface area contributed by atoms with Crippen molar-refractivity contribution in [3.63, 3.8) is 0 Å². The Balaban J connectivity index is 1.64. The van der Waals surface area contributed by atoms with E-state index in [1.807, 2.05) is 57.2 Å². The van der Waals surface area contributed by atoms with Gasteiger partial charge in [-0.25, -0.2) is 4.79 Å². The van der Waals surface area contributed by atoms with E-state index in [-0.39, 0.29) is 29.4 Å². The third kappa shape index (κ3) is 6.70. The predicted molar refractivity (Wildman–Crippen MR) is 159 cm³/mol. The van der Waals surface area contributed by atoms with Crippen LogP contribution in [0.2, 0.25) is 0 Å². The van der Waals surface area contributed by atoms with Crippen LogP contribution in [0, 0.1) is 0 Å². The molecular formula is C33H36N2O6. The number of benzene rings is 2. The molecule has 4 rings (SSSR count). The maximum atomic E-state index is 13.4. The first kappa shape index (κ1) is 29.6. The first-order valence-electron chi connectivity index (χ1n) is 14.2. The van der Waals surface area contributed by atoms with Crippen molar-refractivity contribution in [2.45, 2.75) is 78.9 Å². The molecule has 214 valence electrons. The second kappa shape index (κ2) is 13.4. The van der Waals surface area contributed by atoms with Gasteiger partial charge in [-0.3, -0.25) is 14.4 Å². The quantitative estimate of drug-likeness (QED) is 0.0791. The summed E-state index contributed by atoms with van der Waals surface area (Å²) in [5.74, 6) is -1.24. The fourth-order valence-corrected chi connectivity index (χ4v) is 5.02. The molecule has 2 aromatic carbocycles. The zero-order valence-electron chi connectivity index (χ0n) is 24.1. The van der Waals surface area contributed by atoms with Gasteiger partial charge in [0.2, 0.25) is 5.78 Å². The van der Waals surface area contributed by atoms with E-state index in [0.717, 1.165) is 34.6 Å². The van der Waals surface area contributed by atoms with Crippen LogP contribution >= 0.6 is 0 Å². The highest BCUT2D eigenvalue weighted by molar-refractivity contribution is 6.46. The number of unbranched alkanes of at least 4 members (excludes halogenated alkanes) is 1. The number of carbonyl (C=O) groups excluding carboxylic acids is 4. The van der Waals surface area contributed by atoms with Crippen molar-refractivity contribution in [2.24, 2.45) is 5.16 Å². The lowest BCUT2D eigenvalue weighted by atomic mass is 9.95. The van der Waals surface area contributed by atoms with Crippen molar-refractivity contribution in [1.29, 1.82) is 0 Å². The van der Waals surface area contributed by atoms with Gasteiger partial charge in [0.1, 0.15) is 11.8 Å². The lowest BCUT2D eigenvalue weighted by molar-refractivity contribution is -0.147. The minimum atomic E-state index is -0.587. The molecule has 3 aromatic rings. The largest absolute Gasteiger partial charge is 0.458 e. The average molecular weight is 557 g/mol. The molecule has 41 heavy (non-hydrogen) atoms. The summed E-state index contributed by atoms with van der Waals surface area (Å²) in [5, 5.41) is 5.51. The van der Waals surface area contributed by atoms with E-state index in [9.17, 15) is 19.2 Å². The number of aryl methyl sites for hydroxylation is 1. The van der Waals surface area contributed by atoms with Crippen LogP contribution in [-0.4, -0.2) is 39.9 Å². The minimum Gasteiger partial charge on any atom is -0.458 e. The number of hydrogen-bond acceptors (Lipinski definition) is 7. The van der Waals surface area contributed by atoms with Crippen LogP contribution in [0.3, 0.4) is 0 Å². The van der Waals surface area contributed by atoms with Crippen molar-refractivity contribution in [1.82, 2.24) is 4.57 Å². The molecule has 0 bridgehead atoms. The normalized spacial score (nSPS) is 15.2. The van der Waals surface area contributed by atoms with Crippen LogP contribution < -0.4 is 0 Å². The summed E-state index contributed by atoms with van der Waals surface area (Å²) in [6.45, 7) is 7.94. The maximum Gasteiger partial charge on any atom is 0.331 e. The summed E-state index contributed by atoms with van der Waals surface area (Å²) in [5.41, 5.74) is 3.59. The Morgan fingerprint density at radius 3 is 2.20 bits per heavy atom. The van der Waals surface area contributed by atoms with E-state index in [4.69, 9.17) is 9.57 Å². The van der Waals surface area contributed by atoms with E-state index in [1.54, 1.807) is 18.2 Å². The number of aromatic nitrogens is 1. The van der Waals surface area contributed by atoms with Crippen molar-refractivity contribution in [2.75, 3.05) is 0 Å². The summed E-state index contributed by atoms with van der Waals surface area (Å²) in [7, 11) is 0. The Kier molecular flexibility index (Phi) is 9.65. The SMILES string of the molecule is CCCCC(=O)OC1C=CC(C(=O)c2ccc3c(c2)c2cc(C(=O)/C(CCC)=N\OC(C)=O)ccc2n3CC)=CC1. The van der Waals surface area contributed by atoms with E-state index >= 15 is 0 Å². The second-order valence-electron chi connectivity index (χ2n) is 10.1. The second-order valence-corrected chi connectivity index (χ2v) is 10.1. The molecule has 1 atom stereocenters. The molecule has 0 amide bonds. The van der Waals surface area contributed by atoms with E-state index in [1.165, 1.54) is 6.92 Å². The van der Waals surface area contributed by atoms with Crippen LogP contribution in [0.5, 0.6) is 0 Å². The number of ether oxygens (including phenoxy) is 1. The zero-order valence-corrected chi connectivity index (χ0v) is 24.1. The number of ketones is 2. The van der Waals surface area contributed by atoms with E-state index in [2.05, 4.69) is 9.72 Å². The predicted octanol–water partition coefficient (Wildman–Crippen LogP) is 6.89. The van der Waals surface area contributed by atoms with Gasteiger partial charge in [-0.1, -0.05) is 44.0 Å². The summed E-state index contributed by atoms with van der Waals surface area (Å²) in [4.78, 5) is 54.7. The van der Waals surface area contributed by atoms with Crippen molar-refractivity contribution < 1.29 is 28.8 Å². The van der Waals surface area contributed by atoms with E-state index in [0.29, 0.717) is 48.9 Å². The molecule has 1 aliphatic carbocycles. The Labute approximate surface area is 239 Å². The molecule has 0 spiro atoms. The fourth-order valence-electron chi connectivity index (χ4n) is 5.02. The first-order valence-corrected chi connectivity index (χ1v) is 14.2. The molecule has 1 aliphatic rings. The zero-order chi connectivity index (χ0) is 29.5. The van der Waals surface area contributed by atoms with Gasteiger partial charge in [0.15, 0.2) is 5.78 Å². The molecular weight excluding hydrogens is 520 g/mol. The van der Waals surface area contributed by atoms with Crippen LogP contribution in [0.15, 0.2) is 65.4 Å². The number of allylic oxidation sites excluding steroid dienone is 2. The van der Waals surface area contributed by atoms with Crippen LogP contribution in [0.25, 0.3) is 21.8 Å². The maximum absolute atomic E-state index is 13.4. The number of carbonyl (C=O) groups is 4. The van der Waals surface area contributed by atoms with Crippen molar-refractivity contribution in [3.05, 3.63) is 71.3 Å². The molecule has 8 heteroatoms.